The van der Waals surface area contributed by atoms with Gasteiger partial charge in [-0.05, 0) is 12.5 Å². The third-order valence-electron chi connectivity index (χ3n) is 1.58. The Bertz CT molecular complexity index is 208. The van der Waals surface area contributed by atoms with Crippen LogP contribution in [0.15, 0.2) is 30.3 Å². The number of nitrogens with two attached hydrogens (primary N) is 1. The van der Waals surface area contributed by atoms with E-state index in [0.717, 1.165) is 5.56 Å². The molecule has 0 aromatic heterocycles. The Balaban J connectivity index is 2.77. The number of halogens is 1. The lowest BCUT2D eigenvalue weighted by molar-refractivity contribution is 0.713. The lowest BCUT2D eigenvalue weighted by Gasteiger charge is -2.12. The summed E-state index contributed by atoms with van der Waals surface area (Å²) >= 11 is 6.02. The molecule has 0 aliphatic rings. The Kier molecular flexibility index (Phi) is 2.92. The topological polar surface area (TPSA) is 26.0 Å². The summed E-state index contributed by atoms with van der Waals surface area (Å²) in [4.78, 5) is 0. The van der Waals surface area contributed by atoms with E-state index in [2.05, 4.69) is 0 Å². The van der Waals surface area contributed by atoms with Crippen molar-refractivity contribution < 1.29 is 0 Å². The van der Waals surface area contributed by atoms with Gasteiger partial charge in [0, 0.05) is 6.04 Å². The van der Waals surface area contributed by atoms with Crippen LogP contribution in [0.5, 0.6) is 0 Å². The maximum Gasteiger partial charge on any atom is 0.0733 e. The van der Waals surface area contributed by atoms with E-state index in [1.807, 2.05) is 37.3 Å². The lowest BCUT2D eigenvalue weighted by Crippen LogP contribution is -2.20. The van der Waals surface area contributed by atoms with Gasteiger partial charge in [0.1, 0.15) is 0 Å². The number of rotatable bonds is 2. The molecule has 11 heavy (non-hydrogen) atoms. The fourth-order valence-corrected chi connectivity index (χ4v) is 1.09. The van der Waals surface area contributed by atoms with Gasteiger partial charge >= 0.3 is 0 Å². The normalized spacial score (nSPS) is 15.9. The molecule has 0 saturated heterocycles. The van der Waals surface area contributed by atoms with Crippen LogP contribution < -0.4 is 5.73 Å². The van der Waals surface area contributed by atoms with E-state index in [-0.39, 0.29) is 11.4 Å². The van der Waals surface area contributed by atoms with E-state index >= 15 is 0 Å². The van der Waals surface area contributed by atoms with Crippen LogP contribution in [0.1, 0.15) is 17.9 Å². The van der Waals surface area contributed by atoms with Crippen LogP contribution >= 0.6 is 11.6 Å². The standard InChI is InChI=1S/C9H12ClN/c1-7(11)9(10)8-5-3-2-4-6-8/h2-7,9H,11H2,1H3/t7-,9-/m0/s1. The molecule has 1 rings (SSSR count). The molecule has 0 radical (unpaired) electrons. The highest BCUT2D eigenvalue weighted by molar-refractivity contribution is 6.21. The first-order valence-electron chi connectivity index (χ1n) is 3.66. The zero-order chi connectivity index (χ0) is 8.27. The SMILES string of the molecule is C[C@H](N)[C@H](Cl)c1ccccc1. The molecule has 0 amide bonds. The Hall–Kier alpha value is -0.530. The predicted molar refractivity (Wildman–Crippen MR) is 48.7 cm³/mol. The maximum atomic E-state index is 6.02. The smallest absolute Gasteiger partial charge is 0.0733 e. The highest BCUT2D eigenvalue weighted by Gasteiger charge is 2.10. The van der Waals surface area contributed by atoms with Crippen molar-refractivity contribution in [1.29, 1.82) is 0 Å². The second-order valence-corrected chi connectivity index (χ2v) is 3.14. The van der Waals surface area contributed by atoms with Gasteiger partial charge in [0.15, 0.2) is 0 Å². The zero-order valence-corrected chi connectivity index (χ0v) is 7.25. The highest BCUT2D eigenvalue weighted by Crippen LogP contribution is 2.21. The Morgan fingerprint density at radius 1 is 1.27 bits per heavy atom. The number of benzene rings is 1. The fraction of sp³-hybridized carbons (Fsp3) is 0.333. The summed E-state index contributed by atoms with van der Waals surface area (Å²) in [5.41, 5.74) is 6.72. The van der Waals surface area contributed by atoms with Crippen molar-refractivity contribution in [2.75, 3.05) is 0 Å². The molecule has 2 atom stereocenters. The van der Waals surface area contributed by atoms with E-state index < -0.39 is 0 Å². The van der Waals surface area contributed by atoms with Gasteiger partial charge in [-0.1, -0.05) is 30.3 Å². The van der Waals surface area contributed by atoms with Gasteiger partial charge in [0.25, 0.3) is 0 Å². The molecule has 0 bridgehead atoms. The average Bonchev–Trinajstić information content (AvgIpc) is 2.05. The van der Waals surface area contributed by atoms with Crippen LogP contribution in [0.3, 0.4) is 0 Å². The summed E-state index contributed by atoms with van der Waals surface area (Å²) < 4.78 is 0. The van der Waals surface area contributed by atoms with Crippen molar-refractivity contribution in [3.8, 4) is 0 Å². The molecule has 0 aliphatic heterocycles. The molecule has 0 unspecified atom stereocenters. The number of hydrogen-bond acceptors (Lipinski definition) is 1. The Morgan fingerprint density at radius 3 is 2.27 bits per heavy atom. The summed E-state index contributed by atoms with van der Waals surface area (Å²) in [7, 11) is 0. The largest absolute Gasteiger partial charge is 0.326 e. The predicted octanol–water partition coefficient (Wildman–Crippen LogP) is 2.31. The molecule has 60 valence electrons. The van der Waals surface area contributed by atoms with E-state index in [1.54, 1.807) is 0 Å². The first kappa shape index (κ1) is 8.57. The van der Waals surface area contributed by atoms with Gasteiger partial charge in [-0.2, -0.15) is 0 Å². The average molecular weight is 170 g/mol. The van der Waals surface area contributed by atoms with Crippen molar-refractivity contribution in [3.05, 3.63) is 35.9 Å². The zero-order valence-electron chi connectivity index (χ0n) is 6.50. The van der Waals surface area contributed by atoms with Crippen molar-refractivity contribution in [3.63, 3.8) is 0 Å². The van der Waals surface area contributed by atoms with Crippen LogP contribution in [0.25, 0.3) is 0 Å². The van der Waals surface area contributed by atoms with E-state index in [4.69, 9.17) is 17.3 Å². The summed E-state index contributed by atoms with van der Waals surface area (Å²) in [6, 6.07) is 9.87. The maximum absolute atomic E-state index is 6.02. The second kappa shape index (κ2) is 3.74. The monoisotopic (exact) mass is 169 g/mol. The quantitative estimate of drug-likeness (QED) is 0.676. The summed E-state index contributed by atoms with van der Waals surface area (Å²) in [6.07, 6.45) is 0. The minimum Gasteiger partial charge on any atom is -0.326 e. The van der Waals surface area contributed by atoms with Crippen LogP contribution in [-0.2, 0) is 0 Å². The lowest BCUT2D eigenvalue weighted by atomic mass is 10.1. The molecule has 0 saturated carbocycles. The van der Waals surface area contributed by atoms with Gasteiger partial charge in [0.05, 0.1) is 5.38 Å². The molecule has 0 spiro atoms. The second-order valence-electron chi connectivity index (χ2n) is 2.67. The molecule has 1 nitrogen and oxygen atoms in total. The molecule has 0 heterocycles. The summed E-state index contributed by atoms with van der Waals surface area (Å²) in [5.74, 6) is 0. The van der Waals surface area contributed by atoms with Gasteiger partial charge in [-0.15, -0.1) is 11.6 Å². The molecule has 0 fully saturated rings. The van der Waals surface area contributed by atoms with Crippen molar-refractivity contribution in [2.45, 2.75) is 18.3 Å². The summed E-state index contributed by atoms with van der Waals surface area (Å²) in [5, 5.41) is -0.0730. The van der Waals surface area contributed by atoms with Crippen LogP contribution in [0, 0.1) is 0 Å². The molecule has 2 heteroatoms. The third kappa shape index (κ3) is 2.21. The molecule has 0 aliphatic carbocycles. The van der Waals surface area contributed by atoms with Crippen LogP contribution in [-0.4, -0.2) is 6.04 Å². The first-order chi connectivity index (χ1) is 5.22. The minimum atomic E-state index is -0.0730. The number of hydrogen-bond donors (Lipinski definition) is 1. The van der Waals surface area contributed by atoms with Crippen molar-refractivity contribution >= 4 is 11.6 Å². The van der Waals surface area contributed by atoms with Gasteiger partial charge in [-0.3, -0.25) is 0 Å². The third-order valence-corrected chi connectivity index (χ3v) is 2.23. The van der Waals surface area contributed by atoms with E-state index in [9.17, 15) is 0 Å². The van der Waals surface area contributed by atoms with Gasteiger partial charge in [0.2, 0.25) is 0 Å². The summed E-state index contributed by atoms with van der Waals surface area (Å²) in [6.45, 7) is 1.91. The van der Waals surface area contributed by atoms with Crippen molar-refractivity contribution in [1.82, 2.24) is 0 Å². The molecule has 1 aromatic rings. The van der Waals surface area contributed by atoms with Gasteiger partial charge in [-0.25, -0.2) is 0 Å². The molecular formula is C9H12ClN. The van der Waals surface area contributed by atoms with Crippen LogP contribution in [0.4, 0.5) is 0 Å². The highest BCUT2D eigenvalue weighted by atomic mass is 35.5. The van der Waals surface area contributed by atoms with E-state index in [0.29, 0.717) is 0 Å². The molecular weight excluding hydrogens is 158 g/mol. The molecule has 2 N–H and O–H groups in total. The Labute approximate surface area is 72.2 Å². The fourth-order valence-electron chi connectivity index (χ4n) is 0.940. The number of alkyl halides is 1. The Morgan fingerprint density at radius 2 is 1.82 bits per heavy atom. The molecule has 1 aromatic carbocycles. The van der Waals surface area contributed by atoms with E-state index in [1.165, 1.54) is 0 Å². The van der Waals surface area contributed by atoms with Crippen LogP contribution in [0.2, 0.25) is 0 Å². The minimum absolute atomic E-state index is 0.000864. The van der Waals surface area contributed by atoms with Crippen molar-refractivity contribution in [2.24, 2.45) is 5.73 Å². The van der Waals surface area contributed by atoms with Gasteiger partial charge < -0.3 is 5.73 Å². The first-order valence-corrected chi connectivity index (χ1v) is 4.10.